The van der Waals surface area contributed by atoms with E-state index in [0.29, 0.717) is 0 Å². The van der Waals surface area contributed by atoms with Gasteiger partial charge in [0.05, 0.1) is 12.0 Å². The number of rotatable bonds is 2. The lowest BCUT2D eigenvalue weighted by Gasteiger charge is -2.04. The molecule has 3 aromatic heterocycles. The third kappa shape index (κ3) is 2.55. The fourth-order valence-electron chi connectivity index (χ4n) is 2.00. The van der Waals surface area contributed by atoms with Crippen molar-refractivity contribution in [1.29, 1.82) is 0 Å². The number of halogens is 1. The zero-order valence-corrected chi connectivity index (χ0v) is 12.7. The molecule has 0 spiro atoms. The van der Waals surface area contributed by atoms with Gasteiger partial charge in [0.2, 0.25) is 0 Å². The molecule has 0 aliphatic rings. The molecule has 0 atom stereocenters. The number of nitrogens with one attached hydrogen (secondary N) is 1. The molecule has 0 aliphatic carbocycles. The van der Waals surface area contributed by atoms with Gasteiger partial charge in [0.15, 0.2) is 0 Å². The summed E-state index contributed by atoms with van der Waals surface area (Å²) in [6.07, 6.45) is 5.44. The number of hydrogen-bond acceptors (Lipinski definition) is 3. The Bertz CT molecular complexity index is 774. The maximum atomic E-state index is 11.6. The van der Waals surface area contributed by atoms with Crippen molar-refractivity contribution < 1.29 is 0 Å². The Hall–Kier alpha value is -1.85. The minimum atomic E-state index is -0.0207. The molecule has 3 rings (SSSR count). The summed E-state index contributed by atoms with van der Waals surface area (Å²) in [4.78, 5) is 19.6. The lowest BCUT2D eigenvalue weighted by molar-refractivity contribution is 1.07. The highest BCUT2D eigenvalue weighted by Crippen LogP contribution is 2.30. The number of aryl methyl sites for hydroxylation is 2. The van der Waals surface area contributed by atoms with Crippen molar-refractivity contribution in [3.05, 3.63) is 57.8 Å². The molecule has 6 heteroatoms. The van der Waals surface area contributed by atoms with E-state index in [2.05, 4.69) is 21.4 Å². The molecule has 20 heavy (non-hydrogen) atoms. The van der Waals surface area contributed by atoms with E-state index in [4.69, 9.17) is 0 Å². The molecule has 0 radical (unpaired) electrons. The van der Waals surface area contributed by atoms with Gasteiger partial charge in [0.1, 0.15) is 0 Å². The Morgan fingerprint density at radius 2 is 2.10 bits per heavy atom. The van der Waals surface area contributed by atoms with E-state index in [-0.39, 0.29) is 18.0 Å². The van der Waals surface area contributed by atoms with Gasteiger partial charge >= 0.3 is 0 Å². The number of aromatic nitrogens is 3. The van der Waals surface area contributed by atoms with Gasteiger partial charge in [-0.05, 0) is 26.0 Å². The molecule has 0 fully saturated rings. The molecule has 0 aliphatic heterocycles. The molecule has 4 nitrogen and oxygen atoms in total. The zero-order chi connectivity index (χ0) is 13.4. The molecule has 3 aromatic rings. The Morgan fingerprint density at radius 3 is 2.80 bits per heavy atom. The number of pyridine rings is 1. The van der Waals surface area contributed by atoms with Crippen molar-refractivity contribution >= 4 is 23.7 Å². The first-order valence-corrected chi connectivity index (χ1v) is 6.81. The molecule has 3 heterocycles. The van der Waals surface area contributed by atoms with Crippen LogP contribution in [0.1, 0.15) is 11.3 Å². The van der Waals surface area contributed by atoms with Crippen molar-refractivity contribution in [1.82, 2.24) is 14.5 Å². The van der Waals surface area contributed by atoms with Crippen LogP contribution in [-0.4, -0.2) is 14.5 Å². The van der Waals surface area contributed by atoms with E-state index in [9.17, 15) is 4.79 Å². The molecule has 1 N–H and O–H groups in total. The summed E-state index contributed by atoms with van der Waals surface area (Å²) < 4.78 is 1.97. The van der Waals surface area contributed by atoms with E-state index >= 15 is 0 Å². The first-order chi connectivity index (χ1) is 9.15. The Labute approximate surface area is 126 Å². The molecular weight excluding hydrogens is 294 g/mol. The standard InChI is InChI=1S/C14H13N3OS.ClH/c1-9-5-12(10(2)16-14(9)18)13-6-11(7-19-13)17-4-3-15-8-17;/h3-8H,1-2H3,(H,16,18);1H. The van der Waals surface area contributed by atoms with Gasteiger partial charge in [-0.1, -0.05) is 0 Å². The van der Waals surface area contributed by atoms with Gasteiger partial charge in [0.25, 0.3) is 5.56 Å². The number of imidazole rings is 1. The predicted molar refractivity (Wildman–Crippen MR) is 84.2 cm³/mol. The first kappa shape index (κ1) is 14.6. The summed E-state index contributed by atoms with van der Waals surface area (Å²) in [7, 11) is 0. The average Bonchev–Trinajstić information content (AvgIpc) is 3.03. The van der Waals surface area contributed by atoms with E-state index in [1.54, 1.807) is 23.9 Å². The summed E-state index contributed by atoms with van der Waals surface area (Å²) in [5, 5.41) is 2.08. The first-order valence-electron chi connectivity index (χ1n) is 5.93. The van der Waals surface area contributed by atoms with Crippen LogP contribution in [0.2, 0.25) is 0 Å². The Balaban J connectivity index is 0.00000147. The van der Waals surface area contributed by atoms with E-state index in [0.717, 1.165) is 27.4 Å². The third-order valence-electron chi connectivity index (χ3n) is 3.08. The van der Waals surface area contributed by atoms with E-state index in [1.165, 1.54) is 0 Å². The number of hydrogen-bond donors (Lipinski definition) is 1. The summed E-state index contributed by atoms with van der Waals surface area (Å²) >= 11 is 1.66. The van der Waals surface area contributed by atoms with Crippen molar-refractivity contribution in [2.75, 3.05) is 0 Å². The number of H-pyrrole nitrogens is 1. The summed E-state index contributed by atoms with van der Waals surface area (Å²) in [6, 6.07) is 4.05. The fraction of sp³-hybridized carbons (Fsp3) is 0.143. The molecular formula is C14H14ClN3OS. The largest absolute Gasteiger partial charge is 0.326 e. The van der Waals surface area contributed by atoms with Crippen molar-refractivity contribution in [3.8, 4) is 16.1 Å². The normalized spacial score (nSPS) is 10.3. The van der Waals surface area contributed by atoms with Gasteiger partial charge in [-0.15, -0.1) is 23.7 Å². The SMILES string of the molecule is Cc1[nH]c(=O)c(C)cc1-c1cc(-n2ccnc2)cs1.Cl. The van der Waals surface area contributed by atoms with Crippen LogP contribution in [0.4, 0.5) is 0 Å². The second-order valence-electron chi connectivity index (χ2n) is 4.46. The quantitative estimate of drug-likeness (QED) is 0.789. The van der Waals surface area contributed by atoms with Gasteiger partial charge < -0.3 is 9.55 Å². The molecule has 104 valence electrons. The zero-order valence-electron chi connectivity index (χ0n) is 11.1. The number of aromatic amines is 1. The number of thiophene rings is 1. The maximum Gasteiger partial charge on any atom is 0.251 e. The second-order valence-corrected chi connectivity index (χ2v) is 5.37. The summed E-state index contributed by atoms with van der Waals surface area (Å²) in [5.74, 6) is 0. The van der Waals surface area contributed by atoms with Crippen LogP contribution >= 0.6 is 23.7 Å². The highest BCUT2D eigenvalue weighted by Gasteiger charge is 2.08. The van der Waals surface area contributed by atoms with Crippen molar-refractivity contribution in [2.24, 2.45) is 0 Å². The van der Waals surface area contributed by atoms with E-state index < -0.39 is 0 Å². The molecule has 0 aromatic carbocycles. The van der Waals surface area contributed by atoms with Crippen LogP contribution < -0.4 is 5.56 Å². The van der Waals surface area contributed by atoms with Crippen LogP contribution in [0, 0.1) is 13.8 Å². The van der Waals surface area contributed by atoms with Crippen molar-refractivity contribution in [3.63, 3.8) is 0 Å². The summed E-state index contributed by atoms with van der Waals surface area (Å²) in [6.45, 7) is 3.75. The predicted octanol–water partition coefficient (Wildman–Crippen LogP) is 3.33. The molecule has 0 bridgehead atoms. The van der Waals surface area contributed by atoms with Gasteiger partial charge in [-0.25, -0.2) is 4.98 Å². The topological polar surface area (TPSA) is 50.7 Å². The van der Waals surface area contributed by atoms with E-state index in [1.807, 2.05) is 30.7 Å². The van der Waals surface area contributed by atoms with Crippen LogP contribution in [0.5, 0.6) is 0 Å². The van der Waals surface area contributed by atoms with Crippen LogP contribution in [0.15, 0.2) is 41.0 Å². The minimum Gasteiger partial charge on any atom is -0.326 e. The highest BCUT2D eigenvalue weighted by molar-refractivity contribution is 7.13. The monoisotopic (exact) mass is 307 g/mol. The Kier molecular flexibility index (Phi) is 4.11. The van der Waals surface area contributed by atoms with Crippen LogP contribution in [0.3, 0.4) is 0 Å². The molecule has 0 unspecified atom stereocenters. The number of nitrogens with zero attached hydrogens (tertiary/aromatic N) is 2. The average molecular weight is 308 g/mol. The minimum absolute atomic E-state index is 0. The fourth-order valence-corrected chi connectivity index (χ4v) is 2.96. The maximum absolute atomic E-state index is 11.6. The lowest BCUT2D eigenvalue weighted by Crippen LogP contribution is -2.10. The van der Waals surface area contributed by atoms with Gasteiger partial charge in [0, 0.05) is 39.5 Å². The summed E-state index contributed by atoms with van der Waals surface area (Å²) in [5.41, 5.74) is 3.77. The highest BCUT2D eigenvalue weighted by atomic mass is 35.5. The second kappa shape index (κ2) is 5.64. The molecule has 0 saturated heterocycles. The third-order valence-corrected chi connectivity index (χ3v) is 4.03. The van der Waals surface area contributed by atoms with Gasteiger partial charge in [-0.3, -0.25) is 4.79 Å². The van der Waals surface area contributed by atoms with Crippen LogP contribution in [-0.2, 0) is 0 Å². The molecule has 0 amide bonds. The Morgan fingerprint density at radius 1 is 1.30 bits per heavy atom. The van der Waals surface area contributed by atoms with Crippen molar-refractivity contribution in [2.45, 2.75) is 13.8 Å². The van der Waals surface area contributed by atoms with Gasteiger partial charge in [-0.2, -0.15) is 0 Å². The molecule has 0 saturated carbocycles. The smallest absolute Gasteiger partial charge is 0.251 e. The lowest BCUT2D eigenvalue weighted by atomic mass is 10.1. The van der Waals surface area contributed by atoms with Crippen LogP contribution in [0.25, 0.3) is 16.1 Å².